The molecule has 0 radical (unpaired) electrons. The summed E-state index contributed by atoms with van der Waals surface area (Å²) >= 11 is 1.70. The maximum atomic E-state index is 13.6. The van der Waals surface area contributed by atoms with E-state index >= 15 is 0 Å². The molecule has 2 aliphatic heterocycles. The second-order valence-corrected chi connectivity index (χ2v) is 8.52. The van der Waals surface area contributed by atoms with Gasteiger partial charge in [-0.2, -0.15) is 11.8 Å². The molecule has 7 heteroatoms. The highest BCUT2D eigenvalue weighted by Crippen LogP contribution is 2.30. The maximum Gasteiger partial charge on any atom is 0.191 e. The SMILES string of the molecule is CN=C(NCc1ccc(F)cc1CSC)NCC1(N2CCCC2)CCOCC1. The second kappa shape index (κ2) is 10.5. The van der Waals surface area contributed by atoms with E-state index in [-0.39, 0.29) is 11.4 Å². The monoisotopic (exact) mass is 408 g/mol. The molecule has 1 aromatic carbocycles. The Morgan fingerprint density at radius 1 is 1.21 bits per heavy atom. The van der Waals surface area contributed by atoms with Crippen LogP contribution in [0.1, 0.15) is 36.8 Å². The Morgan fingerprint density at radius 3 is 2.64 bits per heavy atom. The Labute approximate surface area is 172 Å². The van der Waals surface area contributed by atoms with Crippen LogP contribution in [-0.4, -0.2) is 62.5 Å². The van der Waals surface area contributed by atoms with Crippen LogP contribution >= 0.6 is 11.8 Å². The van der Waals surface area contributed by atoms with Gasteiger partial charge in [-0.1, -0.05) is 6.07 Å². The van der Waals surface area contributed by atoms with E-state index in [9.17, 15) is 4.39 Å². The van der Waals surface area contributed by atoms with Crippen molar-refractivity contribution in [2.45, 2.75) is 43.5 Å². The van der Waals surface area contributed by atoms with E-state index in [1.165, 1.54) is 32.0 Å². The van der Waals surface area contributed by atoms with Gasteiger partial charge >= 0.3 is 0 Å². The number of guanidine groups is 1. The topological polar surface area (TPSA) is 48.9 Å². The van der Waals surface area contributed by atoms with Crippen molar-refractivity contribution in [2.75, 3.05) is 46.2 Å². The Kier molecular flexibility index (Phi) is 8.00. The standard InChI is InChI=1S/C21H33FN4OS/c1-23-20(24-14-17-5-6-19(22)13-18(17)15-28-2)25-16-21(7-11-27-12-8-21)26-9-3-4-10-26/h5-6,13H,3-4,7-12,14-16H2,1-2H3,(H2,23,24,25). The molecule has 2 heterocycles. The number of aliphatic imine (C=N–C) groups is 1. The zero-order valence-electron chi connectivity index (χ0n) is 17.1. The highest BCUT2D eigenvalue weighted by atomic mass is 32.2. The van der Waals surface area contributed by atoms with Crippen LogP contribution in [-0.2, 0) is 17.0 Å². The van der Waals surface area contributed by atoms with Crippen LogP contribution in [0.4, 0.5) is 4.39 Å². The summed E-state index contributed by atoms with van der Waals surface area (Å²) in [5.74, 6) is 1.42. The Hall–Kier alpha value is -1.31. The zero-order valence-corrected chi connectivity index (χ0v) is 17.9. The number of ether oxygens (including phenoxy) is 1. The number of likely N-dealkylation sites (tertiary alicyclic amines) is 1. The molecule has 2 N–H and O–H groups in total. The fourth-order valence-electron chi connectivity index (χ4n) is 4.25. The molecule has 0 unspecified atom stereocenters. The van der Waals surface area contributed by atoms with Gasteiger partial charge in [0.25, 0.3) is 0 Å². The van der Waals surface area contributed by atoms with Gasteiger partial charge < -0.3 is 15.4 Å². The minimum Gasteiger partial charge on any atom is -0.381 e. The van der Waals surface area contributed by atoms with Gasteiger partial charge in [0.2, 0.25) is 0 Å². The summed E-state index contributed by atoms with van der Waals surface area (Å²) in [6.07, 6.45) is 6.74. The number of rotatable bonds is 7. The highest BCUT2D eigenvalue weighted by molar-refractivity contribution is 7.97. The minimum absolute atomic E-state index is 0.159. The third kappa shape index (κ3) is 5.39. The van der Waals surface area contributed by atoms with Crippen LogP contribution in [0.15, 0.2) is 23.2 Å². The third-order valence-electron chi connectivity index (χ3n) is 5.92. The predicted octanol–water partition coefficient (Wildman–Crippen LogP) is 3.00. The first kappa shape index (κ1) is 21.4. The number of hydrogen-bond donors (Lipinski definition) is 2. The molecule has 0 aliphatic carbocycles. The van der Waals surface area contributed by atoms with Crippen molar-refractivity contribution in [3.63, 3.8) is 0 Å². The zero-order chi connectivity index (χ0) is 19.8. The van der Waals surface area contributed by atoms with E-state index in [0.717, 1.165) is 55.4 Å². The van der Waals surface area contributed by atoms with E-state index in [2.05, 4.69) is 20.5 Å². The third-order valence-corrected chi connectivity index (χ3v) is 6.52. The number of nitrogens with zero attached hydrogens (tertiary/aromatic N) is 2. The minimum atomic E-state index is -0.178. The number of thioether (sulfide) groups is 1. The summed E-state index contributed by atoms with van der Waals surface area (Å²) in [6.45, 7) is 5.53. The molecule has 0 saturated carbocycles. The molecule has 2 aliphatic rings. The van der Waals surface area contributed by atoms with E-state index in [4.69, 9.17) is 4.74 Å². The lowest BCUT2D eigenvalue weighted by atomic mass is 9.88. The normalized spacial score (nSPS) is 20.3. The van der Waals surface area contributed by atoms with E-state index in [1.54, 1.807) is 24.9 Å². The molecule has 28 heavy (non-hydrogen) atoms. The second-order valence-electron chi connectivity index (χ2n) is 7.66. The summed E-state index contributed by atoms with van der Waals surface area (Å²) in [6, 6.07) is 5.03. The molecular formula is C21H33FN4OS. The molecule has 2 saturated heterocycles. The molecule has 2 fully saturated rings. The number of halogens is 1. The van der Waals surface area contributed by atoms with Crippen molar-refractivity contribution in [3.05, 3.63) is 35.1 Å². The van der Waals surface area contributed by atoms with Crippen molar-refractivity contribution >= 4 is 17.7 Å². The predicted molar refractivity (Wildman–Crippen MR) is 115 cm³/mol. The van der Waals surface area contributed by atoms with Crippen molar-refractivity contribution in [1.82, 2.24) is 15.5 Å². The molecule has 0 amide bonds. The lowest BCUT2D eigenvalue weighted by molar-refractivity contribution is -0.0164. The number of hydrogen-bond acceptors (Lipinski definition) is 4. The molecule has 156 valence electrons. The van der Waals surface area contributed by atoms with Gasteiger partial charge in [0.05, 0.1) is 0 Å². The average Bonchev–Trinajstić information content (AvgIpc) is 3.26. The molecule has 1 aromatic rings. The van der Waals surface area contributed by atoms with Gasteiger partial charge in [0.15, 0.2) is 5.96 Å². The van der Waals surface area contributed by atoms with Gasteiger partial charge in [-0.05, 0) is 68.3 Å². The van der Waals surface area contributed by atoms with Crippen LogP contribution in [0.5, 0.6) is 0 Å². The molecule has 5 nitrogen and oxygen atoms in total. The van der Waals surface area contributed by atoms with Crippen LogP contribution in [0.2, 0.25) is 0 Å². The molecule has 0 aromatic heterocycles. The van der Waals surface area contributed by atoms with Crippen molar-refractivity contribution in [2.24, 2.45) is 4.99 Å². The van der Waals surface area contributed by atoms with Crippen LogP contribution in [0.25, 0.3) is 0 Å². The summed E-state index contributed by atoms with van der Waals surface area (Å²) < 4.78 is 19.2. The van der Waals surface area contributed by atoms with Crippen molar-refractivity contribution in [3.8, 4) is 0 Å². The molecule has 0 spiro atoms. The van der Waals surface area contributed by atoms with Crippen molar-refractivity contribution < 1.29 is 9.13 Å². The molecule has 0 bridgehead atoms. The summed E-state index contributed by atoms with van der Waals surface area (Å²) in [5.41, 5.74) is 2.30. The van der Waals surface area contributed by atoms with E-state index < -0.39 is 0 Å². The van der Waals surface area contributed by atoms with Crippen molar-refractivity contribution in [1.29, 1.82) is 0 Å². The first-order chi connectivity index (χ1) is 13.7. The quantitative estimate of drug-likeness (QED) is 0.537. The first-order valence-corrected chi connectivity index (χ1v) is 11.6. The van der Waals surface area contributed by atoms with Gasteiger partial charge in [-0.3, -0.25) is 9.89 Å². The average molecular weight is 409 g/mol. The smallest absolute Gasteiger partial charge is 0.191 e. The molecule has 0 atom stereocenters. The Bertz CT molecular complexity index is 658. The van der Waals surface area contributed by atoms with Crippen LogP contribution in [0.3, 0.4) is 0 Å². The molecule has 3 rings (SSSR count). The summed E-state index contributed by atoms with van der Waals surface area (Å²) in [4.78, 5) is 7.05. The number of nitrogens with one attached hydrogen (secondary N) is 2. The number of benzene rings is 1. The first-order valence-electron chi connectivity index (χ1n) is 10.2. The van der Waals surface area contributed by atoms with Gasteiger partial charge in [0, 0.05) is 44.6 Å². The van der Waals surface area contributed by atoms with E-state index in [1.807, 2.05) is 12.3 Å². The Morgan fingerprint density at radius 2 is 1.96 bits per heavy atom. The van der Waals surface area contributed by atoms with Gasteiger partial charge in [-0.25, -0.2) is 4.39 Å². The Balaban J connectivity index is 1.60. The highest BCUT2D eigenvalue weighted by Gasteiger charge is 2.39. The lowest BCUT2D eigenvalue weighted by Crippen LogP contribution is -2.58. The fraction of sp³-hybridized carbons (Fsp3) is 0.667. The summed E-state index contributed by atoms with van der Waals surface area (Å²) in [5, 5.41) is 6.96. The van der Waals surface area contributed by atoms with Gasteiger partial charge in [-0.15, -0.1) is 0 Å². The maximum absolute atomic E-state index is 13.6. The summed E-state index contributed by atoms with van der Waals surface area (Å²) in [7, 11) is 1.80. The van der Waals surface area contributed by atoms with Crippen LogP contribution in [0, 0.1) is 5.82 Å². The van der Waals surface area contributed by atoms with E-state index in [0.29, 0.717) is 6.54 Å². The lowest BCUT2D eigenvalue weighted by Gasteiger charge is -2.45. The largest absolute Gasteiger partial charge is 0.381 e. The van der Waals surface area contributed by atoms with Crippen LogP contribution < -0.4 is 10.6 Å². The molecular weight excluding hydrogens is 375 g/mol. The van der Waals surface area contributed by atoms with Gasteiger partial charge in [0.1, 0.15) is 5.82 Å². The fourth-order valence-corrected chi connectivity index (χ4v) is 4.83.